The number of hydrogen-bond acceptors (Lipinski definition) is 2. The van der Waals surface area contributed by atoms with Crippen molar-refractivity contribution in [1.82, 2.24) is 0 Å². The number of benzene rings is 1. The molecule has 0 bridgehead atoms. The molecule has 106 valence electrons. The van der Waals surface area contributed by atoms with Crippen LogP contribution in [0.1, 0.15) is 57.6 Å². The SMILES string of the molecule is CCC1CCCC(Oc2ccc([C@H](C)N)cc2F)C1. The molecular formula is C16H24FNO. The zero-order valence-electron chi connectivity index (χ0n) is 11.9. The van der Waals surface area contributed by atoms with Gasteiger partial charge in [0.2, 0.25) is 0 Å². The van der Waals surface area contributed by atoms with Crippen molar-refractivity contribution in [2.24, 2.45) is 11.7 Å². The predicted octanol–water partition coefficient (Wildman–Crippen LogP) is 4.19. The zero-order valence-corrected chi connectivity index (χ0v) is 11.9. The molecule has 1 aromatic carbocycles. The first-order chi connectivity index (χ1) is 9.10. The number of nitrogens with two attached hydrogens (primary N) is 1. The molecule has 0 amide bonds. The number of ether oxygens (including phenoxy) is 1. The first-order valence-electron chi connectivity index (χ1n) is 7.31. The second kappa shape index (κ2) is 6.38. The van der Waals surface area contributed by atoms with Gasteiger partial charge in [-0.2, -0.15) is 0 Å². The molecule has 0 aromatic heterocycles. The van der Waals surface area contributed by atoms with Crippen molar-refractivity contribution in [2.45, 2.75) is 58.1 Å². The van der Waals surface area contributed by atoms with Crippen molar-refractivity contribution in [2.75, 3.05) is 0 Å². The van der Waals surface area contributed by atoms with Crippen LogP contribution in [0.25, 0.3) is 0 Å². The van der Waals surface area contributed by atoms with E-state index in [-0.39, 0.29) is 18.0 Å². The third-order valence-electron chi connectivity index (χ3n) is 4.09. The number of rotatable bonds is 4. The fraction of sp³-hybridized carbons (Fsp3) is 0.625. The van der Waals surface area contributed by atoms with E-state index in [1.54, 1.807) is 6.07 Å². The van der Waals surface area contributed by atoms with Crippen LogP contribution in [0, 0.1) is 11.7 Å². The Hall–Kier alpha value is -1.09. The van der Waals surface area contributed by atoms with Crippen LogP contribution in [-0.2, 0) is 0 Å². The molecule has 3 heteroatoms. The summed E-state index contributed by atoms with van der Waals surface area (Å²) >= 11 is 0. The minimum atomic E-state index is -0.298. The molecular weight excluding hydrogens is 241 g/mol. The molecule has 2 N–H and O–H groups in total. The van der Waals surface area contributed by atoms with Gasteiger partial charge in [-0.1, -0.05) is 25.8 Å². The molecule has 2 nitrogen and oxygen atoms in total. The number of halogens is 1. The molecule has 3 atom stereocenters. The van der Waals surface area contributed by atoms with Gasteiger partial charge in [0.25, 0.3) is 0 Å². The second-order valence-electron chi connectivity index (χ2n) is 5.66. The van der Waals surface area contributed by atoms with Gasteiger partial charge in [-0.25, -0.2) is 4.39 Å². The maximum Gasteiger partial charge on any atom is 0.165 e. The van der Waals surface area contributed by atoms with E-state index >= 15 is 0 Å². The van der Waals surface area contributed by atoms with Crippen molar-refractivity contribution in [1.29, 1.82) is 0 Å². The third kappa shape index (κ3) is 3.69. The van der Waals surface area contributed by atoms with Crippen molar-refractivity contribution < 1.29 is 9.13 Å². The lowest BCUT2D eigenvalue weighted by molar-refractivity contribution is 0.117. The lowest BCUT2D eigenvalue weighted by Gasteiger charge is -2.29. The van der Waals surface area contributed by atoms with E-state index in [9.17, 15) is 4.39 Å². The minimum Gasteiger partial charge on any atom is -0.487 e. The van der Waals surface area contributed by atoms with Gasteiger partial charge in [-0.15, -0.1) is 0 Å². The summed E-state index contributed by atoms with van der Waals surface area (Å²) in [6, 6.07) is 4.90. The Kier molecular flexibility index (Phi) is 4.81. The second-order valence-corrected chi connectivity index (χ2v) is 5.66. The number of hydrogen-bond donors (Lipinski definition) is 1. The van der Waals surface area contributed by atoms with Gasteiger partial charge >= 0.3 is 0 Å². The molecule has 2 unspecified atom stereocenters. The summed E-state index contributed by atoms with van der Waals surface area (Å²) in [5.74, 6) is 0.796. The highest BCUT2D eigenvalue weighted by Gasteiger charge is 2.23. The van der Waals surface area contributed by atoms with Gasteiger partial charge in [0, 0.05) is 6.04 Å². The van der Waals surface area contributed by atoms with Crippen molar-refractivity contribution >= 4 is 0 Å². The quantitative estimate of drug-likeness (QED) is 0.885. The molecule has 0 aliphatic heterocycles. The van der Waals surface area contributed by atoms with Crippen molar-refractivity contribution in [3.05, 3.63) is 29.6 Å². The van der Waals surface area contributed by atoms with Crippen LogP contribution < -0.4 is 10.5 Å². The minimum absolute atomic E-state index is 0.150. The van der Waals surface area contributed by atoms with Gasteiger partial charge < -0.3 is 10.5 Å². The standard InChI is InChI=1S/C16H24FNO/c1-3-12-5-4-6-14(9-12)19-16-8-7-13(11(2)18)10-15(16)17/h7-8,10-12,14H,3-6,9,18H2,1-2H3/t11-,12?,14?/m0/s1. The fourth-order valence-electron chi connectivity index (χ4n) is 2.79. The lowest BCUT2D eigenvalue weighted by Crippen LogP contribution is -2.25. The highest BCUT2D eigenvalue weighted by molar-refractivity contribution is 5.31. The molecule has 0 saturated heterocycles. The highest BCUT2D eigenvalue weighted by atomic mass is 19.1. The summed E-state index contributed by atoms with van der Waals surface area (Å²) < 4.78 is 19.8. The summed E-state index contributed by atoms with van der Waals surface area (Å²) in [5.41, 5.74) is 6.55. The van der Waals surface area contributed by atoms with E-state index in [4.69, 9.17) is 10.5 Å². The van der Waals surface area contributed by atoms with Crippen molar-refractivity contribution in [3.8, 4) is 5.75 Å². The van der Waals surface area contributed by atoms with Gasteiger partial charge in [0.15, 0.2) is 11.6 Å². The van der Waals surface area contributed by atoms with E-state index in [1.165, 1.54) is 25.3 Å². The Morgan fingerprint density at radius 3 is 2.84 bits per heavy atom. The predicted molar refractivity (Wildman–Crippen MR) is 75.7 cm³/mol. The molecule has 0 radical (unpaired) electrons. The van der Waals surface area contributed by atoms with Crippen LogP contribution in [0.2, 0.25) is 0 Å². The van der Waals surface area contributed by atoms with E-state index in [0.717, 1.165) is 24.3 Å². The topological polar surface area (TPSA) is 35.2 Å². The van der Waals surface area contributed by atoms with Crippen LogP contribution in [-0.4, -0.2) is 6.10 Å². The Bertz CT molecular complexity index is 419. The maximum absolute atomic E-state index is 14.0. The molecule has 1 aromatic rings. The smallest absolute Gasteiger partial charge is 0.165 e. The molecule has 19 heavy (non-hydrogen) atoms. The van der Waals surface area contributed by atoms with E-state index in [1.807, 2.05) is 13.0 Å². The van der Waals surface area contributed by atoms with Gasteiger partial charge in [-0.3, -0.25) is 0 Å². The largest absolute Gasteiger partial charge is 0.487 e. The van der Waals surface area contributed by atoms with Crippen molar-refractivity contribution in [3.63, 3.8) is 0 Å². The first kappa shape index (κ1) is 14.3. The van der Waals surface area contributed by atoms with Crippen LogP contribution >= 0.6 is 0 Å². The first-order valence-corrected chi connectivity index (χ1v) is 7.31. The summed E-state index contributed by atoms with van der Waals surface area (Å²) in [6.07, 6.45) is 5.89. The van der Waals surface area contributed by atoms with Gasteiger partial charge in [0.1, 0.15) is 0 Å². The summed E-state index contributed by atoms with van der Waals surface area (Å²) in [7, 11) is 0. The Labute approximate surface area is 115 Å². The Morgan fingerprint density at radius 1 is 1.42 bits per heavy atom. The molecule has 1 saturated carbocycles. The normalized spacial score (nSPS) is 25.1. The Morgan fingerprint density at radius 2 is 2.21 bits per heavy atom. The zero-order chi connectivity index (χ0) is 13.8. The lowest BCUT2D eigenvalue weighted by atomic mass is 9.85. The summed E-state index contributed by atoms with van der Waals surface area (Å²) in [5, 5.41) is 0. The van der Waals surface area contributed by atoms with E-state index in [2.05, 4.69) is 6.92 Å². The molecule has 0 heterocycles. The summed E-state index contributed by atoms with van der Waals surface area (Å²) in [6.45, 7) is 4.06. The average molecular weight is 265 g/mol. The highest BCUT2D eigenvalue weighted by Crippen LogP contribution is 2.31. The summed E-state index contributed by atoms with van der Waals surface area (Å²) in [4.78, 5) is 0. The molecule has 1 aliphatic rings. The van der Waals surface area contributed by atoms with E-state index in [0.29, 0.717) is 5.75 Å². The van der Waals surface area contributed by atoms with Crippen LogP contribution in [0.15, 0.2) is 18.2 Å². The molecule has 0 spiro atoms. The van der Waals surface area contributed by atoms with Crippen LogP contribution in [0.3, 0.4) is 0 Å². The Balaban J connectivity index is 2.02. The molecule has 1 fully saturated rings. The third-order valence-corrected chi connectivity index (χ3v) is 4.09. The monoisotopic (exact) mass is 265 g/mol. The fourth-order valence-corrected chi connectivity index (χ4v) is 2.79. The van der Waals surface area contributed by atoms with Gasteiger partial charge in [0.05, 0.1) is 6.10 Å². The van der Waals surface area contributed by atoms with E-state index < -0.39 is 0 Å². The van der Waals surface area contributed by atoms with Gasteiger partial charge in [-0.05, 0) is 49.8 Å². The molecule has 1 aliphatic carbocycles. The molecule has 2 rings (SSSR count). The van der Waals surface area contributed by atoms with Crippen LogP contribution in [0.5, 0.6) is 5.75 Å². The average Bonchev–Trinajstić information content (AvgIpc) is 2.41. The maximum atomic E-state index is 14.0. The van der Waals surface area contributed by atoms with Crippen LogP contribution in [0.4, 0.5) is 4.39 Å².